The first kappa shape index (κ1) is 21.6. The predicted molar refractivity (Wildman–Crippen MR) is 116 cm³/mol. The molecule has 0 radical (unpaired) electrons. The van der Waals surface area contributed by atoms with E-state index in [1.54, 1.807) is 6.07 Å². The molecule has 3 aromatic rings. The highest BCUT2D eigenvalue weighted by atomic mass is 35.5. The van der Waals surface area contributed by atoms with Crippen LogP contribution in [0, 0.1) is 6.92 Å². The number of nitrogens with one attached hydrogen (secondary N) is 1. The lowest BCUT2D eigenvalue weighted by Gasteiger charge is -2.22. The van der Waals surface area contributed by atoms with Gasteiger partial charge in [0.1, 0.15) is 5.69 Å². The fraction of sp³-hybridized carbons (Fsp3) is 0.318. The number of nitrogens with zero attached hydrogens (tertiary/aromatic N) is 1. The van der Waals surface area contributed by atoms with Gasteiger partial charge in [0.25, 0.3) is 5.91 Å². The van der Waals surface area contributed by atoms with Crippen LogP contribution in [0.25, 0.3) is 22.2 Å². The smallest absolute Gasteiger partial charge is 0.268 e. The first-order valence-electron chi connectivity index (χ1n) is 9.22. The SMILES string of the molecule is CC.Cc1cc(C(C)(C)C)c(Cl)cc1-c1cc(=O)c2c(C(N)=O)nccc2[nH]1. The van der Waals surface area contributed by atoms with E-state index >= 15 is 0 Å². The third kappa shape index (κ3) is 4.09. The lowest BCUT2D eigenvalue weighted by molar-refractivity contribution is 0.0997. The molecule has 0 fully saturated rings. The van der Waals surface area contributed by atoms with Crippen LogP contribution in [0.2, 0.25) is 5.02 Å². The maximum atomic E-state index is 12.6. The number of benzene rings is 1. The van der Waals surface area contributed by atoms with E-state index in [2.05, 4.69) is 30.7 Å². The second kappa shape index (κ2) is 8.15. The minimum Gasteiger partial charge on any atom is -0.364 e. The molecule has 2 aromatic heterocycles. The van der Waals surface area contributed by atoms with Crippen LogP contribution < -0.4 is 11.2 Å². The molecule has 148 valence electrons. The zero-order valence-electron chi connectivity index (χ0n) is 17.1. The van der Waals surface area contributed by atoms with E-state index in [1.165, 1.54) is 12.3 Å². The van der Waals surface area contributed by atoms with Crippen molar-refractivity contribution in [2.24, 2.45) is 5.73 Å². The Balaban J connectivity index is 0.00000136. The molecule has 5 nitrogen and oxygen atoms in total. The van der Waals surface area contributed by atoms with Crippen molar-refractivity contribution in [3.63, 3.8) is 0 Å². The number of fused-ring (bicyclic) bond motifs is 1. The van der Waals surface area contributed by atoms with E-state index < -0.39 is 5.91 Å². The van der Waals surface area contributed by atoms with Crippen molar-refractivity contribution in [2.75, 3.05) is 0 Å². The van der Waals surface area contributed by atoms with Crippen molar-refractivity contribution < 1.29 is 4.79 Å². The van der Waals surface area contributed by atoms with Crippen LogP contribution >= 0.6 is 11.6 Å². The Kier molecular flexibility index (Phi) is 6.30. The summed E-state index contributed by atoms with van der Waals surface area (Å²) in [4.78, 5) is 31.3. The van der Waals surface area contributed by atoms with Crippen molar-refractivity contribution in [3.05, 3.63) is 62.5 Å². The van der Waals surface area contributed by atoms with Gasteiger partial charge >= 0.3 is 0 Å². The third-order valence-electron chi connectivity index (χ3n) is 4.39. The minimum absolute atomic E-state index is 0.0341. The Hall–Kier alpha value is -2.66. The average molecular weight is 400 g/mol. The summed E-state index contributed by atoms with van der Waals surface area (Å²) in [5.74, 6) is -0.734. The molecule has 1 amide bonds. The molecule has 1 aromatic carbocycles. The van der Waals surface area contributed by atoms with Crippen LogP contribution in [0.4, 0.5) is 0 Å². The molecule has 6 heteroatoms. The molecule has 0 bridgehead atoms. The minimum atomic E-state index is -0.734. The standard InChI is InChI=1S/C20H20ClN3O2.C2H6/c1-10-7-12(20(2,3)4)13(21)8-11(10)15-9-16(25)17-14(24-15)5-6-23-18(17)19(22)26;1-2/h5-9H,1-4H3,(H2,22,26)(H,24,25);1-2H3. The van der Waals surface area contributed by atoms with E-state index in [1.807, 2.05) is 32.9 Å². The molecule has 0 saturated heterocycles. The maximum absolute atomic E-state index is 12.6. The largest absolute Gasteiger partial charge is 0.364 e. The molecule has 0 saturated carbocycles. The molecule has 0 aliphatic heterocycles. The lowest BCUT2D eigenvalue weighted by Crippen LogP contribution is -2.17. The van der Waals surface area contributed by atoms with Gasteiger partial charge in [-0.15, -0.1) is 0 Å². The molecule has 28 heavy (non-hydrogen) atoms. The number of primary amides is 1. The van der Waals surface area contributed by atoms with Crippen molar-refractivity contribution in [3.8, 4) is 11.3 Å². The Morgan fingerprint density at radius 2 is 1.82 bits per heavy atom. The summed E-state index contributed by atoms with van der Waals surface area (Å²) < 4.78 is 0. The first-order valence-corrected chi connectivity index (χ1v) is 9.60. The summed E-state index contributed by atoms with van der Waals surface area (Å²) >= 11 is 6.50. The van der Waals surface area contributed by atoms with Crippen LogP contribution in [-0.2, 0) is 5.41 Å². The summed E-state index contributed by atoms with van der Waals surface area (Å²) in [5, 5.41) is 0.838. The van der Waals surface area contributed by atoms with E-state index in [4.69, 9.17) is 17.3 Å². The van der Waals surface area contributed by atoms with Gasteiger partial charge in [-0.2, -0.15) is 0 Å². The van der Waals surface area contributed by atoms with Gasteiger partial charge in [0, 0.05) is 22.8 Å². The summed E-state index contributed by atoms with van der Waals surface area (Å²) in [6, 6.07) is 7.01. The second-order valence-electron chi connectivity index (χ2n) is 7.39. The highest BCUT2D eigenvalue weighted by Crippen LogP contribution is 2.35. The van der Waals surface area contributed by atoms with Crippen molar-refractivity contribution in [2.45, 2.75) is 47.0 Å². The Morgan fingerprint density at radius 3 is 2.39 bits per heavy atom. The first-order chi connectivity index (χ1) is 13.1. The number of carbonyl (C=O) groups excluding carboxylic acids is 1. The molecule has 0 spiro atoms. The number of aromatic nitrogens is 2. The Bertz CT molecular complexity index is 1100. The Morgan fingerprint density at radius 1 is 1.18 bits per heavy atom. The number of amides is 1. The molecule has 0 aliphatic rings. The van der Waals surface area contributed by atoms with E-state index in [0.29, 0.717) is 16.2 Å². The van der Waals surface area contributed by atoms with Crippen LogP contribution in [0.15, 0.2) is 35.3 Å². The molecule has 0 atom stereocenters. The number of halogens is 1. The summed E-state index contributed by atoms with van der Waals surface area (Å²) in [7, 11) is 0. The molecule has 0 aliphatic carbocycles. The summed E-state index contributed by atoms with van der Waals surface area (Å²) in [6.45, 7) is 12.3. The average Bonchev–Trinajstić information content (AvgIpc) is 2.63. The zero-order chi connectivity index (χ0) is 21.2. The van der Waals surface area contributed by atoms with E-state index in [9.17, 15) is 9.59 Å². The zero-order valence-corrected chi connectivity index (χ0v) is 17.9. The van der Waals surface area contributed by atoms with Crippen LogP contribution in [0.5, 0.6) is 0 Å². The highest BCUT2D eigenvalue weighted by molar-refractivity contribution is 6.31. The quantitative estimate of drug-likeness (QED) is 0.637. The molecule has 3 N–H and O–H groups in total. The number of H-pyrrole nitrogens is 1. The molecule has 2 heterocycles. The predicted octanol–water partition coefficient (Wildman–Crippen LogP) is 4.97. The molecule has 0 unspecified atom stereocenters. The van der Waals surface area contributed by atoms with Crippen LogP contribution in [0.3, 0.4) is 0 Å². The van der Waals surface area contributed by atoms with Crippen molar-refractivity contribution in [1.29, 1.82) is 0 Å². The van der Waals surface area contributed by atoms with Crippen LogP contribution in [-0.4, -0.2) is 15.9 Å². The number of carbonyl (C=O) groups is 1. The van der Waals surface area contributed by atoms with Gasteiger partial charge in [-0.25, -0.2) is 0 Å². The van der Waals surface area contributed by atoms with Crippen molar-refractivity contribution in [1.82, 2.24) is 9.97 Å². The fourth-order valence-electron chi connectivity index (χ4n) is 3.08. The van der Waals surface area contributed by atoms with Gasteiger partial charge < -0.3 is 10.7 Å². The van der Waals surface area contributed by atoms with Gasteiger partial charge in [0.05, 0.1) is 16.6 Å². The molecular formula is C22H26ClN3O2. The molecule has 3 rings (SSSR count). The normalized spacial score (nSPS) is 11.1. The fourth-order valence-corrected chi connectivity index (χ4v) is 3.53. The van der Waals surface area contributed by atoms with Gasteiger partial charge in [-0.3, -0.25) is 14.6 Å². The number of pyridine rings is 2. The summed E-state index contributed by atoms with van der Waals surface area (Å²) in [6.07, 6.45) is 1.45. The van der Waals surface area contributed by atoms with E-state index in [-0.39, 0.29) is 21.9 Å². The van der Waals surface area contributed by atoms with Crippen LogP contribution in [0.1, 0.15) is 56.2 Å². The number of rotatable bonds is 2. The Labute approximate surface area is 170 Å². The van der Waals surface area contributed by atoms with Gasteiger partial charge in [0.15, 0.2) is 5.43 Å². The van der Waals surface area contributed by atoms with E-state index in [0.717, 1.165) is 16.7 Å². The second-order valence-corrected chi connectivity index (χ2v) is 7.80. The topological polar surface area (TPSA) is 88.8 Å². The lowest BCUT2D eigenvalue weighted by atomic mass is 9.85. The number of hydrogen-bond acceptors (Lipinski definition) is 3. The number of hydrogen-bond donors (Lipinski definition) is 2. The maximum Gasteiger partial charge on any atom is 0.268 e. The third-order valence-corrected chi connectivity index (χ3v) is 4.70. The highest BCUT2D eigenvalue weighted by Gasteiger charge is 2.20. The molecular weight excluding hydrogens is 374 g/mol. The van der Waals surface area contributed by atoms with Gasteiger partial charge in [0.2, 0.25) is 0 Å². The summed E-state index contributed by atoms with van der Waals surface area (Å²) in [5.41, 5.74) is 8.91. The number of aromatic amines is 1. The number of nitrogens with two attached hydrogens (primary N) is 1. The van der Waals surface area contributed by atoms with Crippen molar-refractivity contribution >= 4 is 28.4 Å². The van der Waals surface area contributed by atoms with Gasteiger partial charge in [-0.1, -0.05) is 52.3 Å². The number of aryl methyl sites for hydroxylation is 1. The van der Waals surface area contributed by atoms with Gasteiger partial charge in [-0.05, 0) is 35.6 Å². The monoisotopic (exact) mass is 399 g/mol.